The molecule has 1 fully saturated rings. The third kappa shape index (κ3) is 3.94. The number of nitrogens with one attached hydrogen (secondary N) is 2. The highest BCUT2D eigenvalue weighted by atomic mass is 16.1. The number of carbonyl (C=O) groups is 2. The summed E-state index contributed by atoms with van der Waals surface area (Å²) in [7, 11) is 0. The lowest BCUT2D eigenvalue weighted by Gasteiger charge is -2.12. The molecule has 6 rings (SSSR count). The van der Waals surface area contributed by atoms with Gasteiger partial charge in [0, 0.05) is 29.1 Å². The quantitative estimate of drug-likeness (QED) is 0.353. The molecule has 36 heavy (non-hydrogen) atoms. The van der Waals surface area contributed by atoms with E-state index in [1.807, 2.05) is 56.3 Å². The second-order valence-electron chi connectivity index (χ2n) is 9.05. The molecule has 3 heterocycles. The summed E-state index contributed by atoms with van der Waals surface area (Å²) in [5.74, 6) is 0.211. The second-order valence-corrected chi connectivity index (χ2v) is 9.05. The zero-order chi connectivity index (χ0) is 24.8. The van der Waals surface area contributed by atoms with Gasteiger partial charge in [0.05, 0.1) is 17.2 Å². The molecule has 1 saturated carbocycles. The van der Waals surface area contributed by atoms with Crippen LogP contribution in [0.3, 0.4) is 0 Å². The number of hydrogen-bond donors (Lipinski definition) is 2. The van der Waals surface area contributed by atoms with Crippen LogP contribution in [-0.2, 0) is 0 Å². The van der Waals surface area contributed by atoms with Crippen molar-refractivity contribution in [1.29, 1.82) is 0 Å². The number of hydrogen-bond acceptors (Lipinski definition) is 7. The van der Waals surface area contributed by atoms with Crippen LogP contribution < -0.4 is 10.6 Å². The Morgan fingerprint density at radius 1 is 1.03 bits per heavy atom. The van der Waals surface area contributed by atoms with Gasteiger partial charge in [-0.05, 0) is 62.1 Å². The molecule has 0 saturated heterocycles. The molecule has 1 aliphatic rings. The normalized spacial score (nSPS) is 13.2. The lowest BCUT2D eigenvalue weighted by molar-refractivity contribution is 0.0950. The smallest absolute Gasteiger partial charge is 0.251 e. The van der Waals surface area contributed by atoms with Gasteiger partial charge in [0.15, 0.2) is 5.82 Å². The monoisotopic (exact) mass is 477 g/mol. The lowest BCUT2D eigenvalue weighted by Crippen LogP contribution is -2.25. The molecule has 2 aromatic carbocycles. The van der Waals surface area contributed by atoms with E-state index in [0.29, 0.717) is 28.0 Å². The number of aryl methyl sites for hydroxylation is 2. The van der Waals surface area contributed by atoms with E-state index >= 15 is 0 Å². The van der Waals surface area contributed by atoms with Gasteiger partial charge in [-0.2, -0.15) is 5.10 Å². The maximum atomic E-state index is 13.4. The lowest BCUT2D eigenvalue weighted by atomic mass is 10.1. The van der Waals surface area contributed by atoms with Crippen LogP contribution in [0.4, 0.5) is 11.5 Å². The Labute approximate surface area is 206 Å². The van der Waals surface area contributed by atoms with Gasteiger partial charge >= 0.3 is 0 Å². The molecule has 0 bridgehead atoms. The van der Waals surface area contributed by atoms with Crippen molar-refractivity contribution in [1.82, 2.24) is 29.9 Å². The van der Waals surface area contributed by atoms with Gasteiger partial charge in [-0.1, -0.05) is 18.2 Å². The first-order valence-electron chi connectivity index (χ1n) is 11.8. The Morgan fingerprint density at radius 3 is 2.64 bits per heavy atom. The maximum absolute atomic E-state index is 13.4. The average Bonchev–Trinajstić information content (AvgIpc) is 3.64. The van der Waals surface area contributed by atoms with Crippen LogP contribution >= 0.6 is 0 Å². The number of rotatable bonds is 6. The van der Waals surface area contributed by atoms with Gasteiger partial charge in [0.1, 0.15) is 17.5 Å². The Kier molecular flexibility index (Phi) is 5.18. The third-order valence-electron chi connectivity index (χ3n) is 6.42. The first-order valence-corrected chi connectivity index (χ1v) is 11.8. The predicted molar refractivity (Wildman–Crippen MR) is 136 cm³/mol. The van der Waals surface area contributed by atoms with E-state index in [1.165, 1.54) is 12.5 Å². The number of amides is 1. The zero-order valence-corrected chi connectivity index (χ0v) is 19.8. The summed E-state index contributed by atoms with van der Waals surface area (Å²) in [5, 5.41) is 10.7. The molecule has 0 aliphatic heterocycles. The molecule has 2 N–H and O–H groups in total. The van der Waals surface area contributed by atoms with E-state index in [2.05, 4.69) is 30.7 Å². The molecule has 9 nitrogen and oxygen atoms in total. The Hall–Kier alpha value is -4.66. The van der Waals surface area contributed by atoms with Crippen LogP contribution in [0.25, 0.3) is 16.6 Å². The van der Waals surface area contributed by atoms with Gasteiger partial charge in [0.2, 0.25) is 5.78 Å². The highest BCUT2D eigenvalue weighted by Crippen LogP contribution is 2.29. The largest absolute Gasteiger partial charge is 0.349 e. The van der Waals surface area contributed by atoms with E-state index in [-0.39, 0.29) is 23.4 Å². The topological polar surface area (TPSA) is 114 Å². The number of anilines is 2. The van der Waals surface area contributed by atoms with E-state index in [9.17, 15) is 9.59 Å². The molecule has 9 heteroatoms. The molecule has 1 amide bonds. The number of nitrogens with zero attached hydrogens (tertiary/aromatic N) is 5. The van der Waals surface area contributed by atoms with Crippen molar-refractivity contribution in [3.8, 4) is 0 Å². The number of ketones is 1. The van der Waals surface area contributed by atoms with E-state index in [0.717, 1.165) is 35.2 Å². The van der Waals surface area contributed by atoms with Crippen LogP contribution in [0.5, 0.6) is 0 Å². The van der Waals surface area contributed by atoms with E-state index in [1.54, 1.807) is 10.7 Å². The summed E-state index contributed by atoms with van der Waals surface area (Å²) in [6.07, 6.45) is 6.67. The minimum absolute atomic E-state index is 0.0865. The Bertz CT molecular complexity index is 1670. The summed E-state index contributed by atoms with van der Waals surface area (Å²) < 4.78 is 1.63. The van der Waals surface area contributed by atoms with Gasteiger partial charge < -0.3 is 10.6 Å². The summed E-state index contributed by atoms with van der Waals surface area (Å²) in [6, 6.07) is 13.3. The second kappa shape index (κ2) is 8.53. The number of carbonyl (C=O) groups excluding carboxylic acids is 2. The zero-order valence-electron chi connectivity index (χ0n) is 19.8. The molecule has 1 aliphatic carbocycles. The summed E-state index contributed by atoms with van der Waals surface area (Å²) in [6.45, 7) is 3.82. The van der Waals surface area contributed by atoms with Crippen LogP contribution in [-0.4, -0.2) is 42.3 Å². The highest BCUT2D eigenvalue weighted by Gasteiger charge is 2.24. The minimum atomic E-state index is -0.239. The first kappa shape index (κ1) is 21.8. The number of fused-ring (bicyclic) bond motifs is 2. The molecule has 3 aromatic heterocycles. The van der Waals surface area contributed by atoms with E-state index in [4.69, 9.17) is 0 Å². The molecule has 0 atom stereocenters. The molecule has 0 radical (unpaired) electrons. The van der Waals surface area contributed by atoms with Crippen LogP contribution in [0, 0.1) is 13.8 Å². The van der Waals surface area contributed by atoms with Gasteiger partial charge in [-0.3, -0.25) is 14.6 Å². The fraction of sp³-hybridized carbons (Fsp3) is 0.185. The maximum Gasteiger partial charge on any atom is 0.251 e. The average molecular weight is 478 g/mol. The fourth-order valence-corrected chi connectivity index (χ4v) is 4.21. The van der Waals surface area contributed by atoms with Crippen molar-refractivity contribution >= 4 is 39.7 Å². The van der Waals surface area contributed by atoms with Gasteiger partial charge in [-0.15, -0.1) is 0 Å². The SMILES string of the molecule is Cc1ccc(C(=O)NC2CC2)cc1Nc1ncnn2cc(C(=O)c3cnc4ccccc4n3)c(C)c12. The minimum Gasteiger partial charge on any atom is -0.349 e. The van der Waals surface area contributed by atoms with Crippen LogP contribution in [0.2, 0.25) is 0 Å². The van der Waals surface area contributed by atoms with Crippen molar-refractivity contribution in [3.05, 3.63) is 89.1 Å². The molecule has 0 spiro atoms. The van der Waals surface area contributed by atoms with Gasteiger partial charge in [-0.25, -0.2) is 14.5 Å². The number of para-hydroxylation sites is 2. The Balaban J connectivity index is 1.36. The summed E-state index contributed by atoms with van der Waals surface area (Å²) >= 11 is 0. The van der Waals surface area contributed by atoms with Crippen molar-refractivity contribution in [2.24, 2.45) is 0 Å². The standard InChI is InChI=1S/C27H23N7O2/c1-15-7-8-17(27(36)31-18-9-10-18)11-22(15)33-26-24-16(2)19(13-34(24)30-14-29-26)25(35)23-12-28-20-5-3-4-6-21(20)32-23/h3-8,11-14,18H,9-10H2,1-2H3,(H,31,36)(H,29,30,33). The van der Waals surface area contributed by atoms with Crippen LogP contribution in [0.1, 0.15) is 50.4 Å². The fourth-order valence-electron chi connectivity index (χ4n) is 4.21. The molecule has 0 unspecified atom stereocenters. The highest BCUT2D eigenvalue weighted by molar-refractivity contribution is 6.10. The summed E-state index contributed by atoms with van der Waals surface area (Å²) in [5.41, 5.74) is 5.81. The number of aromatic nitrogens is 5. The molecular formula is C27H23N7O2. The van der Waals surface area contributed by atoms with Crippen molar-refractivity contribution in [3.63, 3.8) is 0 Å². The Morgan fingerprint density at radius 2 is 1.83 bits per heavy atom. The first-order chi connectivity index (χ1) is 17.5. The predicted octanol–water partition coefficient (Wildman–Crippen LogP) is 4.16. The molecule has 5 aromatic rings. The molecule has 178 valence electrons. The van der Waals surface area contributed by atoms with Crippen molar-refractivity contribution in [2.45, 2.75) is 32.7 Å². The number of benzene rings is 2. The van der Waals surface area contributed by atoms with Crippen molar-refractivity contribution in [2.75, 3.05) is 5.32 Å². The van der Waals surface area contributed by atoms with Crippen molar-refractivity contribution < 1.29 is 9.59 Å². The van der Waals surface area contributed by atoms with E-state index < -0.39 is 0 Å². The summed E-state index contributed by atoms with van der Waals surface area (Å²) in [4.78, 5) is 39.3. The van der Waals surface area contributed by atoms with Crippen LogP contribution in [0.15, 0.2) is 61.2 Å². The molecular weight excluding hydrogens is 454 g/mol. The third-order valence-corrected chi connectivity index (χ3v) is 6.42. The van der Waals surface area contributed by atoms with Gasteiger partial charge in [0.25, 0.3) is 5.91 Å².